The number of para-hydroxylation sites is 1. The molecule has 1 aliphatic rings. The van der Waals surface area contributed by atoms with E-state index in [4.69, 9.17) is 23.4 Å². The van der Waals surface area contributed by atoms with Crippen LogP contribution in [-0.4, -0.2) is 32.3 Å². The zero-order valence-corrected chi connectivity index (χ0v) is 16.2. The summed E-state index contributed by atoms with van der Waals surface area (Å²) in [6.07, 6.45) is 5.06. The minimum absolute atomic E-state index is 0.367. The average Bonchev–Trinajstić information content (AvgIpc) is 3.34. The van der Waals surface area contributed by atoms with Gasteiger partial charge >= 0.3 is 5.97 Å². The lowest BCUT2D eigenvalue weighted by molar-refractivity contribution is -0.133. The molecule has 0 fully saturated rings. The van der Waals surface area contributed by atoms with Crippen molar-refractivity contribution in [3.63, 3.8) is 0 Å². The normalized spacial score (nSPS) is 15.3. The van der Waals surface area contributed by atoms with Crippen LogP contribution in [0.15, 0.2) is 47.0 Å². The van der Waals surface area contributed by atoms with Crippen LogP contribution in [0.25, 0.3) is 12.2 Å². The molecule has 29 heavy (non-hydrogen) atoms. The Kier molecular flexibility index (Phi) is 4.95. The highest BCUT2D eigenvalue weighted by Gasteiger charge is 2.36. The van der Waals surface area contributed by atoms with Gasteiger partial charge in [-0.1, -0.05) is 18.2 Å². The summed E-state index contributed by atoms with van der Waals surface area (Å²) in [5.41, 5.74) is 1.58. The topological polar surface area (TPSA) is 80.0 Å². The van der Waals surface area contributed by atoms with Crippen LogP contribution in [0.3, 0.4) is 0 Å². The second kappa shape index (κ2) is 7.71. The van der Waals surface area contributed by atoms with Crippen molar-refractivity contribution in [3.05, 3.63) is 65.4 Å². The Morgan fingerprint density at radius 1 is 1.00 bits per heavy atom. The molecule has 0 aliphatic carbocycles. The van der Waals surface area contributed by atoms with Gasteiger partial charge in [0.25, 0.3) is 0 Å². The van der Waals surface area contributed by atoms with E-state index in [0.29, 0.717) is 34.6 Å². The minimum atomic E-state index is -0.609. The molecule has 0 N–H and O–H groups in total. The molecule has 1 aliphatic heterocycles. The number of fused-ring (bicyclic) bond motifs is 1. The summed E-state index contributed by atoms with van der Waals surface area (Å²) in [7, 11) is 4.67. The van der Waals surface area contributed by atoms with Crippen LogP contribution in [0.1, 0.15) is 28.7 Å². The van der Waals surface area contributed by atoms with Gasteiger partial charge in [0, 0.05) is 11.6 Å². The average molecular weight is 393 g/mol. The predicted octanol–water partition coefficient (Wildman–Crippen LogP) is 3.92. The number of oxazole rings is 1. The summed E-state index contributed by atoms with van der Waals surface area (Å²) in [6, 6.07) is 10.9. The number of aromatic nitrogens is 1. The molecule has 4 rings (SSSR count). The van der Waals surface area contributed by atoms with Gasteiger partial charge < -0.3 is 23.4 Å². The van der Waals surface area contributed by atoms with Crippen LogP contribution in [0, 0.1) is 0 Å². The molecule has 0 spiro atoms. The SMILES string of the molecule is COc1cc(/C=C/c2ncc(C3C(=O)Oc4ccccc43)o2)cc(OC)c1OC. The maximum atomic E-state index is 12.3. The number of nitrogens with zero attached hydrogens (tertiary/aromatic N) is 1. The number of ether oxygens (including phenoxy) is 4. The number of methoxy groups -OCH3 is 3. The first-order valence-corrected chi connectivity index (χ1v) is 8.89. The van der Waals surface area contributed by atoms with E-state index >= 15 is 0 Å². The van der Waals surface area contributed by atoms with Gasteiger partial charge in [-0.05, 0) is 29.8 Å². The fourth-order valence-corrected chi connectivity index (χ4v) is 3.25. The standard InChI is InChI=1S/C22H19NO6/c1-25-16-10-13(11-17(26-2)21(16)27-3)8-9-19-23-12-18(28-19)20-14-6-4-5-7-15(14)29-22(20)24/h4-12,20H,1-3H3/b9-8+. The second-order valence-corrected chi connectivity index (χ2v) is 6.28. The molecular weight excluding hydrogens is 374 g/mol. The third kappa shape index (κ3) is 3.42. The molecule has 7 nitrogen and oxygen atoms in total. The molecule has 2 heterocycles. The summed E-state index contributed by atoms with van der Waals surface area (Å²) in [4.78, 5) is 16.5. The van der Waals surface area contributed by atoms with Crippen LogP contribution in [0.4, 0.5) is 0 Å². The Bertz CT molecular complexity index is 1060. The van der Waals surface area contributed by atoms with Crippen molar-refractivity contribution < 1.29 is 28.2 Å². The lowest BCUT2D eigenvalue weighted by Crippen LogP contribution is -2.10. The van der Waals surface area contributed by atoms with Crippen LogP contribution < -0.4 is 18.9 Å². The smallest absolute Gasteiger partial charge is 0.326 e. The lowest BCUT2D eigenvalue weighted by Gasteiger charge is -2.12. The largest absolute Gasteiger partial charge is 0.493 e. The summed E-state index contributed by atoms with van der Waals surface area (Å²) < 4.78 is 27.1. The van der Waals surface area contributed by atoms with Gasteiger partial charge in [0.2, 0.25) is 11.6 Å². The molecule has 0 saturated heterocycles. The lowest BCUT2D eigenvalue weighted by atomic mass is 9.99. The molecular formula is C22H19NO6. The molecule has 0 amide bonds. The molecule has 0 radical (unpaired) electrons. The molecule has 1 atom stereocenters. The first-order valence-electron chi connectivity index (χ1n) is 8.89. The van der Waals surface area contributed by atoms with Gasteiger partial charge in [-0.25, -0.2) is 4.98 Å². The van der Waals surface area contributed by atoms with Crippen molar-refractivity contribution in [2.75, 3.05) is 21.3 Å². The van der Waals surface area contributed by atoms with Crippen molar-refractivity contribution in [2.45, 2.75) is 5.92 Å². The predicted molar refractivity (Wildman–Crippen MR) is 105 cm³/mol. The fourth-order valence-electron chi connectivity index (χ4n) is 3.25. The van der Waals surface area contributed by atoms with Gasteiger partial charge in [-0.15, -0.1) is 0 Å². The highest BCUT2D eigenvalue weighted by atomic mass is 16.5. The van der Waals surface area contributed by atoms with Crippen molar-refractivity contribution >= 4 is 18.1 Å². The fraction of sp³-hybridized carbons (Fsp3) is 0.182. The molecule has 0 saturated carbocycles. The Balaban J connectivity index is 1.60. The van der Waals surface area contributed by atoms with Crippen LogP contribution in [-0.2, 0) is 4.79 Å². The first-order chi connectivity index (χ1) is 14.1. The van der Waals surface area contributed by atoms with E-state index in [1.807, 2.05) is 30.3 Å². The third-order valence-electron chi connectivity index (χ3n) is 4.61. The van der Waals surface area contributed by atoms with Gasteiger partial charge in [-0.2, -0.15) is 0 Å². The Morgan fingerprint density at radius 3 is 2.41 bits per heavy atom. The first kappa shape index (κ1) is 18.6. The zero-order chi connectivity index (χ0) is 20.4. The highest BCUT2D eigenvalue weighted by molar-refractivity contribution is 5.88. The molecule has 1 unspecified atom stereocenters. The van der Waals surface area contributed by atoms with Crippen molar-refractivity contribution in [1.29, 1.82) is 0 Å². The van der Waals surface area contributed by atoms with E-state index in [1.54, 1.807) is 45.7 Å². The summed E-state index contributed by atoms with van der Waals surface area (Å²) in [5, 5.41) is 0. The summed E-state index contributed by atoms with van der Waals surface area (Å²) in [5.74, 6) is 1.98. The number of benzene rings is 2. The maximum Gasteiger partial charge on any atom is 0.326 e. The van der Waals surface area contributed by atoms with E-state index in [0.717, 1.165) is 11.1 Å². The van der Waals surface area contributed by atoms with Crippen LogP contribution in [0.5, 0.6) is 23.0 Å². The number of carbonyl (C=O) groups excluding carboxylic acids is 1. The molecule has 1 aromatic heterocycles. The Hall–Kier alpha value is -3.74. The molecule has 3 aromatic rings. The van der Waals surface area contributed by atoms with Crippen molar-refractivity contribution in [3.8, 4) is 23.0 Å². The van der Waals surface area contributed by atoms with Crippen molar-refractivity contribution in [2.24, 2.45) is 0 Å². The molecule has 7 heteroatoms. The molecule has 2 aromatic carbocycles. The summed E-state index contributed by atoms with van der Waals surface area (Å²) >= 11 is 0. The Morgan fingerprint density at radius 2 is 1.72 bits per heavy atom. The maximum absolute atomic E-state index is 12.3. The molecule has 0 bridgehead atoms. The number of rotatable bonds is 6. The highest BCUT2D eigenvalue weighted by Crippen LogP contribution is 2.40. The number of hydrogen-bond donors (Lipinski definition) is 0. The van der Waals surface area contributed by atoms with Gasteiger partial charge in [0.15, 0.2) is 11.5 Å². The van der Waals surface area contributed by atoms with E-state index < -0.39 is 5.92 Å². The molecule has 148 valence electrons. The van der Waals surface area contributed by atoms with Crippen molar-refractivity contribution in [1.82, 2.24) is 4.98 Å². The quantitative estimate of drug-likeness (QED) is 0.464. The van der Waals surface area contributed by atoms with Gasteiger partial charge in [0.05, 0.1) is 27.5 Å². The monoisotopic (exact) mass is 393 g/mol. The third-order valence-corrected chi connectivity index (χ3v) is 4.61. The number of carbonyl (C=O) groups is 1. The van der Waals surface area contributed by atoms with E-state index in [1.165, 1.54) is 0 Å². The summed E-state index contributed by atoms with van der Waals surface area (Å²) in [6.45, 7) is 0. The van der Waals surface area contributed by atoms with Crippen LogP contribution in [0.2, 0.25) is 0 Å². The van der Waals surface area contributed by atoms with E-state index in [2.05, 4.69) is 4.98 Å². The number of hydrogen-bond acceptors (Lipinski definition) is 7. The zero-order valence-electron chi connectivity index (χ0n) is 16.2. The van der Waals surface area contributed by atoms with Gasteiger partial charge in [-0.3, -0.25) is 4.79 Å². The second-order valence-electron chi connectivity index (χ2n) is 6.28. The van der Waals surface area contributed by atoms with E-state index in [9.17, 15) is 4.79 Å². The van der Waals surface area contributed by atoms with Gasteiger partial charge in [0.1, 0.15) is 17.4 Å². The number of esters is 1. The minimum Gasteiger partial charge on any atom is -0.493 e. The van der Waals surface area contributed by atoms with Crippen LogP contribution >= 0.6 is 0 Å². The Labute approximate surface area is 167 Å². The van der Waals surface area contributed by atoms with E-state index in [-0.39, 0.29) is 5.97 Å².